The van der Waals surface area contributed by atoms with Crippen LogP contribution in [0.25, 0.3) is 11.3 Å². The van der Waals surface area contributed by atoms with Gasteiger partial charge >= 0.3 is 0 Å². The number of rotatable bonds is 7. The van der Waals surface area contributed by atoms with Crippen molar-refractivity contribution in [3.63, 3.8) is 0 Å². The van der Waals surface area contributed by atoms with Crippen LogP contribution < -0.4 is 5.32 Å². The molecule has 1 unspecified atom stereocenters. The van der Waals surface area contributed by atoms with Crippen molar-refractivity contribution >= 4 is 17.7 Å². The summed E-state index contributed by atoms with van der Waals surface area (Å²) in [5.74, 6) is 0.612. The molecule has 0 bridgehead atoms. The molecule has 1 aromatic carbocycles. The molecule has 0 aliphatic rings. The smallest absolute Gasteiger partial charge is 0.290 e. The molecule has 0 aliphatic carbocycles. The van der Waals surface area contributed by atoms with Crippen molar-refractivity contribution in [1.82, 2.24) is 10.5 Å². The minimum Gasteiger partial charge on any atom is -0.396 e. The Hall–Kier alpha value is -1.79. The first-order chi connectivity index (χ1) is 10.2. The Morgan fingerprint density at radius 2 is 2.19 bits per heavy atom. The highest BCUT2D eigenvalue weighted by atomic mass is 32.2. The van der Waals surface area contributed by atoms with Crippen LogP contribution in [0.1, 0.15) is 17.0 Å². The van der Waals surface area contributed by atoms with E-state index in [1.165, 1.54) is 0 Å². The van der Waals surface area contributed by atoms with Gasteiger partial charge in [-0.25, -0.2) is 0 Å². The van der Waals surface area contributed by atoms with E-state index < -0.39 is 0 Å². The number of amides is 1. The molecule has 1 atom stereocenters. The van der Waals surface area contributed by atoms with E-state index in [1.54, 1.807) is 17.8 Å². The molecule has 0 fully saturated rings. The number of nitrogens with zero attached hydrogens (tertiary/aromatic N) is 1. The van der Waals surface area contributed by atoms with Crippen molar-refractivity contribution < 1.29 is 14.4 Å². The van der Waals surface area contributed by atoms with E-state index in [9.17, 15) is 4.79 Å². The van der Waals surface area contributed by atoms with Gasteiger partial charge in [0.05, 0.1) is 0 Å². The number of aromatic nitrogens is 1. The summed E-state index contributed by atoms with van der Waals surface area (Å²) in [4.78, 5) is 12.1. The Morgan fingerprint density at radius 3 is 2.86 bits per heavy atom. The molecule has 1 aromatic heterocycles. The number of carbonyl (C=O) groups excluding carboxylic acids is 1. The van der Waals surface area contributed by atoms with Crippen LogP contribution in [0, 0.1) is 0 Å². The van der Waals surface area contributed by atoms with Crippen LogP contribution in [0.15, 0.2) is 40.9 Å². The minimum atomic E-state index is -0.308. The lowest BCUT2D eigenvalue weighted by atomic mass is 10.1. The lowest BCUT2D eigenvalue weighted by Crippen LogP contribution is -2.37. The van der Waals surface area contributed by atoms with E-state index in [0.29, 0.717) is 12.1 Å². The van der Waals surface area contributed by atoms with Crippen molar-refractivity contribution in [3.8, 4) is 11.3 Å². The van der Waals surface area contributed by atoms with Crippen LogP contribution in [0.4, 0.5) is 0 Å². The third-order valence-electron chi connectivity index (χ3n) is 2.98. The fourth-order valence-corrected chi connectivity index (χ4v) is 2.59. The molecule has 0 spiro atoms. The number of nitrogens with one attached hydrogen (secondary N) is 1. The first kappa shape index (κ1) is 15.6. The van der Waals surface area contributed by atoms with Crippen molar-refractivity contribution in [2.45, 2.75) is 12.5 Å². The number of thioether (sulfide) groups is 1. The monoisotopic (exact) mass is 306 g/mol. The van der Waals surface area contributed by atoms with Gasteiger partial charge in [0.25, 0.3) is 5.91 Å². The number of hydrogen-bond donors (Lipinski definition) is 2. The maximum Gasteiger partial charge on any atom is 0.290 e. The molecular weight excluding hydrogens is 288 g/mol. The topological polar surface area (TPSA) is 75.4 Å². The van der Waals surface area contributed by atoms with Crippen molar-refractivity contribution in [2.24, 2.45) is 0 Å². The van der Waals surface area contributed by atoms with Gasteiger partial charge in [-0.1, -0.05) is 35.5 Å². The van der Waals surface area contributed by atoms with Crippen molar-refractivity contribution in [3.05, 3.63) is 42.2 Å². The van der Waals surface area contributed by atoms with E-state index in [2.05, 4.69) is 10.5 Å². The molecule has 112 valence electrons. The molecule has 2 aromatic rings. The molecule has 0 saturated heterocycles. The number of aliphatic hydroxyl groups is 1. The molecule has 0 saturated carbocycles. The Kier molecular flexibility index (Phi) is 5.83. The quantitative estimate of drug-likeness (QED) is 0.820. The van der Waals surface area contributed by atoms with Gasteiger partial charge in [-0.05, 0) is 12.7 Å². The van der Waals surface area contributed by atoms with Gasteiger partial charge in [-0.2, -0.15) is 11.8 Å². The Bertz CT molecular complexity index is 565. The largest absolute Gasteiger partial charge is 0.396 e. The van der Waals surface area contributed by atoms with Gasteiger partial charge < -0.3 is 14.9 Å². The van der Waals surface area contributed by atoms with Crippen LogP contribution in [-0.4, -0.2) is 40.8 Å². The van der Waals surface area contributed by atoms with E-state index in [4.69, 9.17) is 9.63 Å². The van der Waals surface area contributed by atoms with Gasteiger partial charge in [-0.15, -0.1) is 0 Å². The van der Waals surface area contributed by atoms with E-state index in [1.807, 2.05) is 36.6 Å². The van der Waals surface area contributed by atoms with Crippen molar-refractivity contribution in [2.75, 3.05) is 18.6 Å². The fraction of sp³-hybridized carbons (Fsp3) is 0.333. The Labute approximate surface area is 127 Å². The zero-order chi connectivity index (χ0) is 15.1. The SMILES string of the molecule is CSCC(CCO)NC(=O)c1cc(-c2ccccc2)no1. The van der Waals surface area contributed by atoms with Crippen LogP contribution in [0.5, 0.6) is 0 Å². The molecule has 1 heterocycles. The number of benzene rings is 1. The van der Waals surface area contributed by atoms with Crippen LogP contribution in [0.3, 0.4) is 0 Å². The zero-order valence-electron chi connectivity index (χ0n) is 11.8. The Balaban J connectivity index is 2.05. The average molecular weight is 306 g/mol. The van der Waals surface area contributed by atoms with Gasteiger partial charge in [0, 0.05) is 30.0 Å². The van der Waals surface area contributed by atoms with E-state index in [0.717, 1.165) is 11.3 Å². The lowest BCUT2D eigenvalue weighted by molar-refractivity contribution is 0.0898. The first-order valence-electron chi connectivity index (χ1n) is 6.67. The summed E-state index contributed by atoms with van der Waals surface area (Å²) in [7, 11) is 0. The maximum atomic E-state index is 12.1. The molecule has 21 heavy (non-hydrogen) atoms. The maximum absolute atomic E-state index is 12.1. The summed E-state index contributed by atoms with van der Waals surface area (Å²) < 4.78 is 5.11. The predicted octanol–water partition coefficient (Wildman–Crippen LogP) is 2.19. The van der Waals surface area contributed by atoms with Gasteiger partial charge in [0.1, 0.15) is 5.69 Å². The molecule has 2 rings (SSSR count). The summed E-state index contributed by atoms with van der Waals surface area (Å²) in [5.41, 5.74) is 1.53. The third-order valence-corrected chi connectivity index (χ3v) is 3.72. The molecular formula is C15H18N2O3S. The second-order valence-corrected chi connectivity index (χ2v) is 5.49. The van der Waals surface area contributed by atoms with Gasteiger partial charge in [-0.3, -0.25) is 4.79 Å². The summed E-state index contributed by atoms with van der Waals surface area (Å²) in [6.45, 7) is 0.0389. The number of hydrogen-bond acceptors (Lipinski definition) is 5. The van der Waals surface area contributed by atoms with Crippen molar-refractivity contribution in [1.29, 1.82) is 0 Å². The lowest BCUT2D eigenvalue weighted by Gasteiger charge is -2.15. The third kappa shape index (κ3) is 4.34. The second-order valence-electron chi connectivity index (χ2n) is 4.58. The highest BCUT2D eigenvalue weighted by Crippen LogP contribution is 2.18. The normalized spacial score (nSPS) is 12.1. The Morgan fingerprint density at radius 1 is 1.43 bits per heavy atom. The zero-order valence-corrected chi connectivity index (χ0v) is 12.6. The highest BCUT2D eigenvalue weighted by molar-refractivity contribution is 7.98. The summed E-state index contributed by atoms with van der Waals surface area (Å²) in [6, 6.07) is 11.1. The summed E-state index contributed by atoms with van der Waals surface area (Å²) in [6.07, 6.45) is 2.48. The minimum absolute atomic E-state index is 0.0389. The molecule has 1 amide bonds. The van der Waals surface area contributed by atoms with Gasteiger partial charge in [0.2, 0.25) is 5.76 Å². The number of aliphatic hydroxyl groups excluding tert-OH is 1. The van der Waals surface area contributed by atoms with Crippen LogP contribution >= 0.6 is 11.8 Å². The molecule has 6 heteroatoms. The average Bonchev–Trinajstić information content (AvgIpc) is 2.98. The molecule has 5 nitrogen and oxygen atoms in total. The summed E-state index contributed by atoms with van der Waals surface area (Å²) >= 11 is 1.62. The predicted molar refractivity (Wildman–Crippen MR) is 83.3 cm³/mol. The summed E-state index contributed by atoms with van der Waals surface area (Å²) in [5, 5.41) is 15.8. The first-order valence-corrected chi connectivity index (χ1v) is 8.06. The standard InChI is InChI=1S/C15H18N2O3S/c1-21-10-12(7-8-18)16-15(19)14-9-13(17-20-14)11-5-3-2-4-6-11/h2-6,9,12,18H,7-8,10H2,1H3,(H,16,19). The molecule has 0 radical (unpaired) electrons. The molecule has 0 aliphatic heterocycles. The highest BCUT2D eigenvalue weighted by Gasteiger charge is 2.17. The van der Waals surface area contributed by atoms with Crippen LogP contribution in [-0.2, 0) is 0 Å². The second kappa shape index (κ2) is 7.85. The fourth-order valence-electron chi connectivity index (χ4n) is 1.94. The van der Waals surface area contributed by atoms with Crippen LogP contribution in [0.2, 0.25) is 0 Å². The molecule has 2 N–H and O–H groups in total. The van der Waals surface area contributed by atoms with Gasteiger partial charge in [0.15, 0.2) is 0 Å². The van der Waals surface area contributed by atoms with E-state index in [-0.39, 0.29) is 24.3 Å². The number of carbonyl (C=O) groups is 1. The van der Waals surface area contributed by atoms with E-state index >= 15 is 0 Å².